The van der Waals surface area contributed by atoms with Gasteiger partial charge in [0.05, 0.1) is 21.9 Å². The molecule has 1 aromatic carbocycles. The maximum absolute atomic E-state index is 15.0. The molecule has 0 aliphatic carbocycles. The summed E-state index contributed by atoms with van der Waals surface area (Å²) in [5.41, 5.74) is 1.23. The Morgan fingerprint density at radius 1 is 1.25 bits per heavy atom. The van der Waals surface area contributed by atoms with Gasteiger partial charge in [-0.25, -0.2) is 8.78 Å². The molecule has 0 fully saturated rings. The smallest absolute Gasteiger partial charge is 0.274 e. The van der Waals surface area contributed by atoms with Gasteiger partial charge in [0, 0.05) is 48.2 Å². The van der Waals surface area contributed by atoms with Gasteiger partial charge in [-0.05, 0) is 51.0 Å². The number of carbonyl (C=O) groups is 1. The Morgan fingerprint density at radius 3 is 2.69 bits per heavy atom. The van der Waals surface area contributed by atoms with Crippen LogP contribution in [0.1, 0.15) is 41.7 Å². The average Bonchev–Trinajstić information content (AvgIpc) is 3.52. The van der Waals surface area contributed by atoms with E-state index in [-0.39, 0.29) is 22.7 Å². The number of anilines is 2. The van der Waals surface area contributed by atoms with Crippen LogP contribution >= 0.6 is 11.3 Å². The first-order valence-corrected chi connectivity index (χ1v) is 12.4. The van der Waals surface area contributed by atoms with E-state index in [2.05, 4.69) is 10.3 Å². The summed E-state index contributed by atoms with van der Waals surface area (Å²) < 4.78 is 30.3. The minimum Gasteiger partial charge on any atom is -0.385 e. The predicted molar refractivity (Wildman–Crippen MR) is 137 cm³/mol. The third-order valence-electron chi connectivity index (χ3n) is 6.38. The molecule has 0 radical (unpaired) electrons. The third-order valence-corrected chi connectivity index (χ3v) is 7.85. The van der Waals surface area contributed by atoms with Crippen LogP contribution in [-0.2, 0) is 19.1 Å². The minimum absolute atomic E-state index is 0.255. The molecule has 0 spiro atoms. The summed E-state index contributed by atoms with van der Waals surface area (Å²) in [6.07, 6.45) is 2.15. The lowest BCUT2D eigenvalue weighted by Crippen LogP contribution is -2.23. The largest absolute Gasteiger partial charge is 0.385 e. The number of halogens is 2. The number of pyridine rings is 1. The fourth-order valence-corrected chi connectivity index (χ4v) is 5.85. The molecule has 0 unspecified atom stereocenters. The number of H-pyrrole nitrogens is 1. The highest BCUT2D eigenvalue weighted by molar-refractivity contribution is 7.16. The lowest BCUT2D eigenvalue weighted by atomic mass is 10.1. The van der Waals surface area contributed by atoms with Gasteiger partial charge in [0.2, 0.25) is 0 Å². The van der Waals surface area contributed by atoms with Crippen molar-refractivity contribution in [3.8, 4) is 10.4 Å². The Kier molecular flexibility index (Phi) is 5.76. The first kappa shape index (κ1) is 24.2. The zero-order valence-electron chi connectivity index (χ0n) is 20.3. The number of thiophene rings is 1. The lowest BCUT2D eigenvalue weighted by molar-refractivity contribution is 0.0825. The van der Waals surface area contributed by atoms with E-state index in [0.29, 0.717) is 57.2 Å². The molecule has 188 valence electrons. The molecule has 4 heterocycles. The van der Waals surface area contributed by atoms with Crippen molar-refractivity contribution in [3.63, 3.8) is 0 Å². The van der Waals surface area contributed by atoms with Gasteiger partial charge in [-0.15, -0.1) is 11.3 Å². The van der Waals surface area contributed by atoms with Gasteiger partial charge in [0.1, 0.15) is 22.8 Å². The van der Waals surface area contributed by atoms with Crippen molar-refractivity contribution in [1.82, 2.24) is 14.9 Å². The fraction of sp³-hybridized carbons (Fsp3) is 0.308. The van der Waals surface area contributed by atoms with Gasteiger partial charge >= 0.3 is 0 Å². The Morgan fingerprint density at radius 2 is 2.00 bits per heavy atom. The summed E-state index contributed by atoms with van der Waals surface area (Å²) in [6, 6.07) is 5.66. The third kappa shape index (κ3) is 3.90. The maximum atomic E-state index is 15.0. The summed E-state index contributed by atoms with van der Waals surface area (Å²) >= 11 is 1.33. The van der Waals surface area contributed by atoms with Gasteiger partial charge in [0.15, 0.2) is 0 Å². The Balaban J connectivity index is 1.77. The van der Waals surface area contributed by atoms with Crippen LogP contribution < -0.4 is 15.8 Å². The van der Waals surface area contributed by atoms with Crippen molar-refractivity contribution in [3.05, 3.63) is 68.6 Å². The number of nitrogens with zero attached hydrogens (tertiary/aromatic N) is 2. The molecule has 4 aromatic rings. The number of rotatable bonds is 5. The van der Waals surface area contributed by atoms with Gasteiger partial charge < -0.3 is 24.9 Å². The Labute approximate surface area is 210 Å². The highest BCUT2D eigenvalue weighted by Gasteiger charge is 2.32. The number of hydrogen-bond acceptors (Lipinski definition) is 5. The molecular formula is C26H26F2N4O3S. The molecule has 1 aliphatic heterocycles. The second-order valence-corrected chi connectivity index (χ2v) is 10.5. The van der Waals surface area contributed by atoms with Crippen LogP contribution in [0.4, 0.5) is 20.2 Å². The van der Waals surface area contributed by atoms with Crippen molar-refractivity contribution in [2.75, 3.05) is 18.0 Å². The number of aromatic amines is 1. The van der Waals surface area contributed by atoms with E-state index in [1.165, 1.54) is 22.0 Å². The molecule has 0 saturated heterocycles. The van der Waals surface area contributed by atoms with E-state index in [1.54, 1.807) is 45.0 Å². The van der Waals surface area contributed by atoms with E-state index in [4.69, 9.17) is 0 Å². The van der Waals surface area contributed by atoms with Crippen LogP contribution in [0.5, 0.6) is 0 Å². The first-order chi connectivity index (χ1) is 17.0. The standard InChI is InChI=1S/C26H26F2N4O3S/c1-5-29-24(33)18-10-15-16(12-31(4)25(34)21(15)30-18)23-19(11-20(36-23)26(2,3)35)32-7-6-13-8-14(27)9-17(28)22(13)32/h8-12,30,35H,5-7H2,1-4H3,(H,29,33). The lowest BCUT2D eigenvalue weighted by Gasteiger charge is -2.21. The summed E-state index contributed by atoms with van der Waals surface area (Å²) in [5, 5.41) is 14.1. The Hall–Kier alpha value is -3.50. The molecule has 0 atom stereocenters. The average molecular weight is 513 g/mol. The highest BCUT2D eigenvalue weighted by Crippen LogP contribution is 2.48. The van der Waals surface area contributed by atoms with E-state index in [9.17, 15) is 23.5 Å². The van der Waals surface area contributed by atoms with E-state index < -0.39 is 17.2 Å². The highest BCUT2D eigenvalue weighted by atomic mass is 32.1. The minimum atomic E-state index is -1.17. The molecule has 1 amide bonds. The maximum Gasteiger partial charge on any atom is 0.274 e. The number of fused-ring (bicyclic) bond motifs is 2. The number of aryl methyl sites for hydroxylation is 1. The molecular weight excluding hydrogens is 486 g/mol. The summed E-state index contributed by atoms with van der Waals surface area (Å²) in [4.78, 5) is 31.5. The van der Waals surface area contributed by atoms with Crippen LogP contribution in [0.3, 0.4) is 0 Å². The topological polar surface area (TPSA) is 90.4 Å². The summed E-state index contributed by atoms with van der Waals surface area (Å²) in [6.45, 7) is 6.00. The number of amides is 1. The molecule has 0 bridgehead atoms. The zero-order chi connectivity index (χ0) is 25.9. The van der Waals surface area contributed by atoms with Gasteiger partial charge in [0.25, 0.3) is 11.5 Å². The first-order valence-electron chi connectivity index (χ1n) is 11.6. The molecule has 0 saturated carbocycles. The molecule has 3 N–H and O–H groups in total. The molecule has 1 aliphatic rings. The number of carbonyl (C=O) groups excluding carboxylic acids is 1. The second kappa shape index (κ2) is 8.56. The zero-order valence-corrected chi connectivity index (χ0v) is 21.1. The van der Waals surface area contributed by atoms with Crippen LogP contribution in [0, 0.1) is 11.6 Å². The van der Waals surface area contributed by atoms with Crippen molar-refractivity contribution in [2.24, 2.45) is 7.05 Å². The number of benzene rings is 1. The van der Waals surface area contributed by atoms with Gasteiger partial charge in [-0.3, -0.25) is 9.59 Å². The van der Waals surface area contributed by atoms with Crippen LogP contribution in [0.25, 0.3) is 21.3 Å². The van der Waals surface area contributed by atoms with E-state index >= 15 is 0 Å². The van der Waals surface area contributed by atoms with Crippen LogP contribution in [-0.4, -0.2) is 33.7 Å². The summed E-state index contributed by atoms with van der Waals surface area (Å²) in [5.74, 6) is -1.61. The fourth-order valence-electron chi connectivity index (χ4n) is 4.67. The van der Waals surface area contributed by atoms with Crippen LogP contribution in [0.2, 0.25) is 0 Å². The predicted octanol–water partition coefficient (Wildman–Crippen LogP) is 4.54. The molecule has 10 heteroatoms. The molecule has 3 aromatic heterocycles. The molecule has 7 nitrogen and oxygen atoms in total. The van der Waals surface area contributed by atoms with Gasteiger partial charge in [-0.1, -0.05) is 0 Å². The van der Waals surface area contributed by atoms with Crippen LogP contribution in [0.15, 0.2) is 35.3 Å². The number of aliphatic hydroxyl groups is 1. The SMILES string of the molecule is CCNC(=O)c1cc2c(-c3sc(C(C)(C)O)cc3N3CCc4cc(F)cc(F)c43)cn(C)c(=O)c2[nH]1. The van der Waals surface area contributed by atoms with Crippen molar-refractivity contribution in [2.45, 2.75) is 32.8 Å². The molecule has 5 rings (SSSR count). The van der Waals surface area contributed by atoms with Crippen molar-refractivity contribution >= 4 is 39.5 Å². The van der Waals surface area contributed by atoms with Gasteiger partial charge in [-0.2, -0.15) is 0 Å². The quantitative estimate of drug-likeness (QED) is 0.366. The number of hydrogen-bond donors (Lipinski definition) is 3. The van der Waals surface area contributed by atoms with E-state index in [0.717, 1.165) is 6.07 Å². The van der Waals surface area contributed by atoms with E-state index in [1.807, 2.05) is 6.07 Å². The molecule has 36 heavy (non-hydrogen) atoms. The number of aromatic nitrogens is 2. The van der Waals surface area contributed by atoms with Crippen molar-refractivity contribution < 1.29 is 18.7 Å². The van der Waals surface area contributed by atoms with Crippen molar-refractivity contribution in [1.29, 1.82) is 0 Å². The monoisotopic (exact) mass is 512 g/mol. The number of nitrogens with one attached hydrogen (secondary N) is 2. The Bertz CT molecular complexity index is 1580. The summed E-state index contributed by atoms with van der Waals surface area (Å²) in [7, 11) is 1.62. The normalized spacial score (nSPS) is 13.5. The second-order valence-electron chi connectivity index (χ2n) is 9.47.